The number of carbonyl (C=O) groups excluding carboxylic acids is 1. The molecule has 1 fully saturated rings. The van der Waals surface area contributed by atoms with Gasteiger partial charge >= 0.3 is 0 Å². The Bertz CT molecular complexity index is 720. The lowest BCUT2D eigenvalue weighted by Gasteiger charge is -2.21. The van der Waals surface area contributed by atoms with Crippen LogP contribution in [0.15, 0.2) is 35.4 Å². The maximum absolute atomic E-state index is 12.5. The fraction of sp³-hybridized carbons (Fsp3) is 0.375. The average Bonchev–Trinajstić information content (AvgIpc) is 3.11. The molecule has 1 aromatic carbocycles. The number of amides is 1. The molecule has 2 aliphatic heterocycles. The van der Waals surface area contributed by atoms with Gasteiger partial charge in [0.05, 0.1) is 30.1 Å². The summed E-state index contributed by atoms with van der Waals surface area (Å²) in [6.45, 7) is 0.570. The van der Waals surface area contributed by atoms with E-state index in [0.29, 0.717) is 16.5 Å². The van der Waals surface area contributed by atoms with Crippen LogP contribution >= 0.6 is 23.4 Å². The molecule has 1 aromatic rings. The molecule has 2 N–H and O–H groups in total. The summed E-state index contributed by atoms with van der Waals surface area (Å²) >= 11 is 7.67. The number of rotatable bonds is 3. The summed E-state index contributed by atoms with van der Waals surface area (Å²) in [4.78, 5) is 16.4. The summed E-state index contributed by atoms with van der Waals surface area (Å²) in [5.41, 5.74) is 0.947. The molecule has 1 amide bonds. The van der Waals surface area contributed by atoms with E-state index < -0.39 is 12.1 Å². The summed E-state index contributed by atoms with van der Waals surface area (Å²) in [6, 6.07) is 7.11. The molecule has 1 saturated heterocycles. The highest BCUT2D eigenvalue weighted by Gasteiger charge is 2.35. The number of thioether (sulfide) groups is 1. The minimum Gasteiger partial charge on any atom is -0.389 e. The maximum atomic E-state index is 12.5. The standard InChI is InChI=1S/C16H17ClN4O2S/c1-20-8-14(24-16(20)10-4-2-3-5-11(10)17)15(23)19-12-6-21(9-18)7-13(12)22/h2-5,8,12-13,16,22H,6-7H2,1H3,(H,19,23)/t12-,13-,16?/m0/s1. The van der Waals surface area contributed by atoms with Crippen LogP contribution in [0.4, 0.5) is 0 Å². The third-order valence-corrected chi connectivity index (χ3v) is 5.77. The smallest absolute Gasteiger partial charge is 0.259 e. The largest absolute Gasteiger partial charge is 0.389 e. The fourth-order valence-electron chi connectivity index (χ4n) is 2.81. The van der Waals surface area contributed by atoms with E-state index in [4.69, 9.17) is 16.9 Å². The Kier molecular flexibility index (Phi) is 4.90. The maximum Gasteiger partial charge on any atom is 0.259 e. The third-order valence-electron chi connectivity index (χ3n) is 4.07. The second kappa shape index (κ2) is 6.93. The number of benzene rings is 1. The molecular weight excluding hydrogens is 348 g/mol. The molecule has 1 unspecified atom stereocenters. The molecule has 2 aliphatic rings. The number of likely N-dealkylation sites (tertiary alicyclic amines) is 1. The summed E-state index contributed by atoms with van der Waals surface area (Å²) in [6.07, 6.45) is 3.03. The van der Waals surface area contributed by atoms with Crippen LogP contribution in [0.3, 0.4) is 0 Å². The summed E-state index contributed by atoms with van der Waals surface area (Å²) in [5, 5.41) is 22.2. The minimum absolute atomic E-state index is 0.0661. The van der Waals surface area contributed by atoms with Crippen molar-refractivity contribution in [2.24, 2.45) is 0 Å². The normalized spacial score (nSPS) is 26.2. The van der Waals surface area contributed by atoms with E-state index in [2.05, 4.69) is 5.32 Å². The van der Waals surface area contributed by atoms with Gasteiger partial charge in [-0.25, -0.2) is 0 Å². The molecule has 2 heterocycles. The van der Waals surface area contributed by atoms with Gasteiger partial charge in [0.15, 0.2) is 6.19 Å². The molecule has 0 radical (unpaired) electrons. The lowest BCUT2D eigenvalue weighted by Crippen LogP contribution is -2.42. The van der Waals surface area contributed by atoms with E-state index in [0.717, 1.165) is 5.56 Å². The molecule has 8 heteroatoms. The zero-order chi connectivity index (χ0) is 17.3. The van der Waals surface area contributed by atoms with Crippen molar-refractivity contribution in [2.75, 3.05) is 20.1 Å². The molecule has 3 atom stereocenters. The Hall–Kier alpha value is -1.88. The highest BCUT2D eigenvalue weighted by molar-refractivity contribution is 8.04. The number of hydrogen-bond donors (Lipinski definition) is 2. The van der Waals surface area contributed by atoms with Crippen LogP contribution in [0.25, 0.3) is 0 Å². The molecule has 0 aromatic heterocycles. The first-order valence-electron chi connectivity index (χ1n) is 7.48. The van der Waals surface area contributed by atoms with E-state index in [-0.39, 0.29) is 17.8 Å². The molecular formula is C16H17ClN4O2S. The van der Waals surface area contributed by atoms with Gasteiger partial charge in [-0.3, -0.25) is 4.79 Å². The first kappa shape index (κ1) is 17.0. The van der Waals surface area contributed by atoms with E-state index >= 15 is 0 Å². The van der Waals surface area contributed by atoms with Crippen LogP contribution in [0.1, 0.15) is 10.9 Å². The second-order valence-corrected chi connectivity index (χ2v) is 7.33. The number of nitrogens with zero attached hydrogens (tertiary/aromatic N) is 3. The number of nitrogens with one attached hydrogen (secondary N) is 1. The van der Waals surface area contributed by atoms with Gasteiger partial charge in [-0.1, -0.05) is 41.6 Å². The highest BCUT2D eigenvalue weighted by Crippen LogP contribution is 2.44. The van der Waals surface area contributed by atoms with Crippen molar-refractivity contribution in [3.63, 3.8) is 0 Å². The fourth-order valence-corrected chi connectivity index (χ4v) is 4.30. The number of hydrogen-bond acceptors (Lipinski definition) is 6. The van der Waals surface area contributed by atoms with Gasteiger partial charge in [-0.2, -0.15) is 5.26 Å². The van der Waals surface area contributed by atoms with E-state index in [1.54, 1.807) is 6.20 Å². The molecule has 0 saturated carbocycles. The van der Waals surface area contributed by atoms with Gasteiger partial charge in [-0.05, 0) is 6.07 Å². The van der Waals surface area contributed by atoms with Crippen LogP contribution in [0.5, 0.6) is 0 Å². The van der Waals surface area contributed by atoms with Gasteiger partial charge in [0.1, 0.15) is 5.37 Å². The van der Waals surface area contributed by atoms with Crippen molar-refractivity contribution in [3.8, 4) is 6.19 Å². The van der Waals surface area contributed by atoms with E-state index in [1.165, 1.54) is 16.7 Å². The van der Waals surface area contributed by atoms with Crippen molar-refractivity contribution in [2.45, 2.75) is 17.5 Å². The predicted octanol–water partition coefficient (Wildman–Crippen LogP) is 1.50. The van der Waals surface area contributed by atoms with Crippen LogP contribution < -0.4 is 5.32 Å². The lowest BCUT2D eigenvalue weighted by molar-refractivity contribution is -0.118. The Morgan fingerprint density at radius 1 is 1.46 bits per heavy atom. The van der Waals surface area contributed by atoms with Gasteiger partial charge in [0.2, 0.25) is 0 Å². The van der Waals surface area contributed by atoms with Gasteiger partial charge in [0, 0.05) is 23.8 Å². The third kappa shape index (κ3) is 3.31. The van der Waals surface area contributed by atoms with E-state index in [1.807, 2.05) is 42.4 Å². The van der Waals surface area contributed by atoms with Crippen LogP contribution in [-0.4, -0.2) is 53.1 Å². The molecule has 3 rings (SSSR count). The first-order valence-corrected chi connectivity index (χ1v) is 8.74. The summed E-state index contributed by atoms with van der Waals surface area (Å²) < 4.78 is 0. The number of aliphatic hydroxyl groups is 1. The zero-order valence-electron chi connectivity index (χ0n) is 13.0. The van der Waals surface area contributed by atoms with Crippen LogP contribution in [-0.2, 0) is 4.79 Å². The van der Waals surface area contributed by atoms with Crippen molar-refractivity contribution in [3.05, 3.63) is 46.0 Å². The van der Waals surface area contributed by atoms with Gasteiger partial charge < -0.3 is 20.2 Å². The second-order valence-electron chi connectivity index (χ2n) is 5.80. The monoisotopic (exact) mass is 364 g/mol. The number of nitriles is 1. The Labute approximate surface area is 149 Å². The van der Waals surface area contributed by atoms with Crippen LogP contribution in [0, 0.1) is 11.5 Å². The summed E-state index contributed by atoms with van der Waals surface area (Å²) in [7, 11) is 1.89. The van der Waals surface area contributed by atoms with Crippen LogP contribution in [0.2, 0.25) is 5.02 Å². The zero-order valence-corrected chi connectivity index (χ0v) is 14.6. The number of halogens is 1. The number of aliphatic hydroxyl groups excluding tert-OH is 1. The predicted molar refractivity (Wildman–Crippen MR) is 92.8 cm³/mol. The Morgan fingerprint density at radius 3 is 2.88 bits per heavy atom. The minimum atomic E-state index is -0.738. The average molecular weight is 365 g/mol. The van der Waals surface area contributed by atoms with Gasteiger partial charge in [0.25, 0.3) is 5.91 Å². The summed E-state index contributed by atoms with van der Waals surface area (Å²) in [5.74, 6) is -0.245. The quantitative estimate of drug-likeness (QED) is 0.791. The van der Waals surface area contributed by atoms with E-state index in [9.17, 15) is 9.90 Å². The molecule has 0 aliphatic carbocycles. The SMILES string of the molecule is CN1C=C(C(=O)N[C@H]2CN(C#N)C[C@@H]2O)SC1c1ccccc1Cl. The first-order chi connectivity index (χ1) is 11.5. The van der Waals surface area contributed by atoms with Crippen molar-refractivity contribution in [1.29, 1.82) is 5.26 Å². The molecule has 24 heavy (non-hydrogen) atoms. The van der Waals surface area contributed by atoms with Crippen molar-refractivity contribution >= 4 is 29.3 Å². The van der Waals surface area contributed by atoms with Crippen molar-refractivity contribution in [1.82, 2.24) is 15.1 Å². The highest BCUT2D eigenvalue weighted by atomic mass is 35.5. The molecule has 0 spiro atoms. The van der Waals surface area contributed by atoms with Gasteiger partial charge in [-0.15, -0.1) is 0 Å². The molecule has 126 valence electrons. The Balaban J connectivity index is 1.66. The Morgan fingerprint density at radius 2 is 2.21 bits per heavy atom. The molecule has 0 bridgehead atoms. The van der Waals surface area contributed by atoms with Crippen molar-refractivity contribution < 1.29 is 9.90 Å². The number of carbonyl (C=O) groups is 1. The topological polar surface area (TPSA) is 79.6 Å². The number of β-amino-alcohol motifs (C(OH)–C–C–N with tert-alkyl or cyclic N) is 1. The lowest BCUT2D eigenvalue weighted by atomic mass is 10.2. The molecule has 6 nitrogen and oxygen atoms in total.